The van der Waals surface area contributed by atoms with E-state index in [-0.39, 0.29) is 6.61 Å². The zero-order valence-electron chi connectivity index (χ0n) is 6.47. The van der Waals surface area contributed by atoms with Crippen molar-refractivity contribution >= 4 is 0 Å². The Hall–Kier alpha value is -0.290. The van der Waals surface area contributed by atoms with E-state index in [0.717, 1.165) is 0 Å². The molecule has 12 heavy (non-hydrogen) atoms. The van der Waals surface area contributed by atoms with Gasteiger partial charge in [-0.2, -0.15) is 13.2 Å². The number of hydrogen-bond acceptors (Lipinski definition) is 2. The molecule has 1 aliphatic rings. The van der Waals surface area contributed by atoms with Gasteiger partial charge in [0.15, 0.2) is 6.10 Å². The molecule has 0 aromatic rings. The van der Waals surface area contributed by atoms with Crippen LogP contribution in [-0.2, 0) is 4.74 Å². The van der Waals surface area contributed by atoms with Crippen LogP contribution in [0.5, 0.6) is 0 Å². The maximum Gasteiger partial charge on any atom is 0.414 e. The Labute approximate surface area is 68.3 Å². The second kappa shape index (κ2) is 3.62. The van der Waals surface area contributed by atoms with Crippen LogP contribution in [0.4, 0.5) is 13.2 Å². The van der Waals surface area contributed by atoms with Crippen LogP contribution in [0.1, 0.15) is 12.8 Å². The van der Waals surface area contributed by atoms with Crippen LogP contribution < -0.4 is 0 Å². The Morgan fingerprint density at radius 1 is 1.42 bits per heavy atom. The Bertz CT molecular complexity index is 140. The van der Waals surface area contributed by atoms with E-state index in [0.29, 0.717) is 19.4 Å². The van der Waals surface area contributed by atoms with Crippen molar-refractivity contribution in [1.82, 2.24) is 0 Å². The van der Waals surface area contributed by atoms with Gasteiger partial charge in [0.25, 0.3) is 0 Å². The van der Waals surface area contributed by atoms with Crippen LogP contribution in [0, 0.1) is 5.92 Å². The topological polar surface area (TPSA) is 29.5 Å². The number of ether oxygens (including phenoxy) is 1. The molecular weight excluding hydrogens is 173 g/mol. The molecule has 0 bridgehead atoms. The fourth-order valence-corrected chi connectivity index (χ4v) is 1.28. The molecule has 1 aliphatic heterocycles. The van der Waals surface area contributed by atoms with Crippen LogP contribution in [0.3, 0.4) is 0 Å². The molecule has 1 fully saturated rings. The number of aliphatic hydroxyl groups is 1. The van der Waals surface area contributed by atoms with E-state index in [1.54, 1.807) is 0 Å². The summed E-state index contributed by atoms with van der Waals surface area (Å²) in [5.74, 6) is -0.779. The highest BCUT2D eigenvalue weighted by molar-refractivity contribution is 4.77. The molecule has 1 heterocycles. The number of rotatable bonds is 1. The SMILES string of the molecule is O[C@@H]([C@H]1CCCOC1)C(F)(F)F. The van der Waals surface area contributed by atoms with Crippen molar-refractivity contribution < 1.29 is 23.0 Å². The molecule has 1 rings (SSSR count). The van der Waals surface area contributed by atoms with E-state index >= 15 is 0 Å². The van der Waals surface area contributed by atoms with E-state index in [9.17, 15) is 13.2 Å². The average molecular weight is 184 g/mol. The molecule has 2 atom stereocenters. The molecule has 1 N–H and O–H groups in total. The molecular formula is C7H11F3O2. The lowest BCUT2D eigenvalue weighted by molar-refractivity contribution is -0.228. The molecule has 0 saturated carbocycles. The van der Waals surface area contributed by atoms with Gasteiger partial charge in [-0.05, 0) is 12.8 Å². The number of hydrogen-bond donors (Lipinski definition) is 1. The second-order valence-electron chi connectivity index (χ2n) is 2.96. The second-order valence-corrected chi connectivity index (χ2v) is 2.96. The third-order valence-electron chi connectivity index (χ3n) is 1.98. The number of alkyl halides is 3. The van der Waals surface area contributed by atoms with Crippen LogP contribution in [0.25, 0.3) is 0 Å². The van der Waals surface area contributed by atoms with Crippen molar-refractivity contribution in [3.63, 3.8) is 0 Å². The summed E-state index contributed by atoms with van der Waals surface area (Å²) >= 11 is 0. The summed E-state index contributed by atoms with van der Waals surface area (Å²) in [6, 6.07) is 0. The summed E-state index contributed by atoms with van der Waals surface area (Å²) < 4.78 is 40.6. The minimum Gasteiger partial charge on any atom is -0.383 e. The van der Waals surface area contributed by atoms with Crippen molar-refractivity contribution in [1.29, 1.82) is 0 Å². The molecule has 0 aromatic heterocycles. The predicted octanol–water partition coefficient (Wildman–Crippen LogP) is 1.34. The molecule has 5 heteroatoms. The van der Waals surface area contributed by atoms with Gasteiger partial charge in [0.05, 0.1) is 6.61 Å². The first-order valence-corrected chi connectivity index (χ1v) is 3.84. The molecule has 0 unspecified atom stereocenters. The van der Waals surface area contributed by atoms with Gasteiger partial charge in [0, 0.05) is 12.5 Å². The highest BCUT2D eigenvalue weighted by Gasteiger charge is 2.43. The third kappa shape index (κ3) is 2.35. The number of halogens is 3. The quantitative estimate of drug-likeness (QED) is 0.666. The van der Waals surface area contributed by atoms with E-state index in [2.05, 4.69) is 0 Å². The highest BCUT2D eigenvalue weighted by atomic mass is 19.4. The third-order valence-corrected chi connectivity index (χ3v) is 1.98. The Morgan fingerprint density at radius 3 is 2.50 bits per heavy atom. The lowest BCUT2D eigenvalue weighted by Gasteiger charge is -2.27. The van der Waals surface area contributed by atoms with Gasteiger partial charge in [-0.3, -0.25) is 0 Å². The lowest BCUT2D eigenvalue weighted by Crippen LogP contribution is -2.39. The summed E-state index contributed by atoms with van der Waals surface area (Å²) in [5, 5.41) is 8.81. The molecule has 72 valence electrons. The molecule has 0 radical (unpaired) electrons. The van der Waals surface area contributed by atoms with Gasteiger partial charge < -0.3 is 9.84 Å². The van der Waals surface area contributed by atoms with Crippen molar-refractivity contribution in [2.75, 3.05) is 13.2 Å². The average Bonchev–Trinajstić information content (AvgIpc) is 2.03. The van der Waals surface area contributed by atoms with Crippen LogP contribution in [-0.4, -0.2) is 30.6 Å². The van der Waals surface area contributed by atoms with E-state index < -0.39 is 18.2 Å². The normalized spacial score (nSPS) is 28.5. The zero-order valence-corrected chi connectivity index (χ0v) is 6.47. The zero-order chi connectivity index (χ0) is 9.19. The van der Waals surface area contributed by atoms with Crippen molar-refractivity contribution in [3.05, 3.63) is 0 Å². The first-order chi connectivity index (χ1) is 5.52. The summed E-state index contributed by atoms with van der Waals surface area (Å²) in [6.07, 6.45) is -5.75. The Morgan fingerprint density at radius 2 is 2.08 bits per heavy atom. The molecule has 0 aliphatic carbocycles. The summed E-state index contributed by atoms with van der Waals surface area (Å²) in [5.41, 5.74) is 0. The van der Waals surface area contributed by atoms with Crippen LogP contribution in [0.15, 0.2) is 0 Å². The molecule has 0 aromatic carbocycles. The van der Waals surface area contributed by atoms with E-state index in [4.69, 9.17) is 9.84 Å². The molecule has 0 amide bonds. The minimum absolute atomic E-state index is 0.0146. The van der Waals surface area contributed by atoms with Crippen molar-refractivity contribution in [2.45, 2.75) is 25.1 Å². The summed E-state index contributed by atoms with van der Waals surface area (Å²) in [7, 11) is 0. The predicted molar refractivity (Wildman–Crippen MR) is 35.6 cm³/mol. The first-order valence-electron chi connectivity index (χ1n) is 3.84. The van der Waals surface area contributed by atoms with Crippen LogP contribution >= 0.6 is 0 Å². The smallest absolute Gasteiger partial charge is 0.383 e. The summed E-state index contributed by atoms with van der Waals surface area (Å²) in [6.45, 7) is 0.516. The first kappa shape index (κ1) is 9.80. The van der Waals surface area contributed by atoms with Gasteiger partial charge in [-0.1, -0.05) is 0 Å². The van der Waals surface area contributed by atoms with Gasteiger partial charge >= 0.3 is 6.18 Å². The Balaban J connectivity index is 2.45. The van der Waals surface area contributed by atoms with Gasteiger partial charge in [-0.15, -0.1) is 0 Å². The van der Waals surface area contributed by atoms with E-state index in [1.807, 2.05) is 0 Å². The Kier molecular flexibility index (Phi) is 2.95. The molecule has 0 spiro atoms. The van der Waals surface area contributed by atoms with Crippen molar-refractivity contribution in [3.8, 4) is 0 Å². The van der Waals surface area contributed by atoms with Gasteiger partial charge in [0.2, 0.25) is 0 Å². The molecule has 2 nitrogen and oxygen atoms in total. The minimum atomic E-state index is -4.51. The van der Waals surface area contributed by atoms with Gasteiger partial charge in [-0.25, -0.2) is 0 Å². The fourth-order valence-electron chi connectivity index (χ4n) is 1.28. The highest BCUT2D eigenvalue weighted by Crippen LogP contribution is 2.29. The standard InChI is InChI=1S/C7H11F3O2/c8-7(9,10)6(11)5-2-1-3-12-4-5/h5-6,11H,1-4H2/t5-,6-/m0/s1. The van der Waals surface area contributed by atoms with E-state index in [1.165, 1.54) is 0 Å². The van der Waals surface area contributed by atoms with Crippen molar-refractivity contribution in [2.24, 2.45) is 5.92 Å². The maximum absolute atomic E-state index is 11.9. The van der Waals surface area contributed by atoms with Gasteiger partial charge in [0.1, 0.15) is 0 Å². The largest absolute Gasteiger partial charge is 0.414 e. The monoisotopic (exact) mass is 184 g/mol. The molecule has 1 saturated heterocycles. The summed E-state index contributed by atoms with van der Waals surface area (Å²) in [4.78, 5) is 0. The maximum atomic E-state index is 11.9. The lowest BCUT2D eigenvalue weighted by atomic mass is 9.96. The number of aliphatic hydroxyl groups excluding tert-OH is 1. The van der Waals surface area contributed by atoms with Crippen LogP contribution in [0.2, 0.25) is 0 Å². The fraction of sp³-hybridized carbons (Fsp3) is 1.00.